The van der Waals surface area contributed by atoms with Crippen LogP contribution >= 0.6 is 0 Å². The molecule has 2 nitrogen and oxygen atoms in total. The lowest BCUT2D eigenvalue weighted by Gasteiger charge is -2.30. The first-order chi connectivity index (χ1) is 31.3. The van der Waals surface area contributed by atoms with E-state index in [1.807, 2.05) is 0 Å². The molecule has 2 heteroatoms. The number of hydrogen-bond donors (Lipinski definition) is 0. The van der Waals surface area contributed by atoms with Crippen molar-refractivity contribution in [1.29, 1.82) is 0 Å². The van der Waals surface area contributed by atoms with Gasteiger partial charge in [-0.25, -0.2) is 0 Å². The Balaban J connectivity index is 0.960. The summed E-state index contributed by atoms with van der Waals surface area (Å²) in [6.45, 7) is 0. The SMILES string of the molecule is c1ccc(-n2c3ccccc3c3ccc(-c4ccc5c6cc(-c7ccc8c(c7)C7(c9ccccc9-c9ccccc97)c7ccccc7-8)ccc6n(-c6ccccc6)c5c4)cc32)cc1. The average molecular weight is 799 g/mol. The molecule has 12 aromatic rings. The minimum absolute atomic E-state index is 0.378. The van der Waals surface area contributed by atoms with Gasteiger partial charge in [0.15, 0.2) is 0 Å². The molecule has 0 unspecified atom stereocenters. The molecule has 0 saturated carbocycles. The molecule has 0 amide bonds. The van der Waals surface area contributed by atoms with Crippen molar-refractivity contribution in [3.05, 3.63) is 253 Å². The molecule has 2 aliphatic rings. The zero-order valence-electron chi connectivity index (χ0n) is 34.3. The molecule has 0 bridgehead atoms. The summed E-state index contributed by atoms with van der Waals surface area (Å²) in [4.78, 5) is 0. The average Bonchev–Trinajstić information content (AvgIpc) is 4.06. The Morgan fingerprint density at radius 2 is 0.635 bits per heavy atom. The Kier molecular flexibility index (Phi) is 7.07. The summed E-state index contributed by atoms with van der Waals surface area (Å²) < 4.78 is 4.84. The standard InChI is InChI=1S/C61H38N2/c1-3-15-43(16-4-1)62-57-26-14-10-22-49(57)50-32-28-41(37-59(50)62)42-29-33-51-52-35-39(30-34-58(52)63(60(51)38-42)44-17-5-2-6-18-44)40-27-31-48-47-21-9-13-25-55(47)61(56(48)36-40)53-23-11-7-19-45(53)46-20-8-12-24-54(46)61/h1-38H. The van der Waals surface area contributed by atoms with E-state index >= 15 is 0 Å². The lowest BCUT2D eigenvalue weighted by molar-refractivity contribution is 0.794. The minimum atomic E-state index is -0.378. The Labute approximate surface area is 365 Å². The van der Waals surface area contributed by atoms with E-state index < -0.39 is 0 Å². The predicted octanol–water partition coefficient (Wildman–Crippen LogP) is 15.6. The van der Waals surface area contributed by atoms with Gasteiger partial charge in [-0.2, -0.15) is 0 Å². The van der Waals surface area contributed by atoms with Crippen molar-refractivity contribution in [1.82, 2.24) is 9.13 Å². The first-order valence-electron chi connectivity index (χ1n) is 21.9. The van der Waals surface area contributed by atoms with E-state index in [9.17, 15) is 0 Å². The maximum absolute atomic E-state index is 2.49. The summed E-state index contributed by atoms with van der Waals surface area (Å²) in [6, 6.07) is 85.7. The van der Waals surface area contributed by atoms with E-state index in [2.05, 4.69) is 240 Å². The number of para-hydroxylation sites is 3. The van der Waals surface area contributed by atoms with Crippen LogP contribution in [0.4, 0.5) is 0 Å². The molecule has 1 spiro atoms. The minimum Gasteiger partial charge on any atom is -0.309 e. The van der Waals surface area contributed by atoms with E-state index in [0.29, 0.717) is 0 Å². The zero-order chi connectivity index (χ0) is 41.2. The van der Waals surface area contributed by atoms with Crippen LogP contribution in [0.3, 0.4) is 0 Å². The molecule has 0 N–H and O–H groups in total. The van der Waals surface area contributed by atoms with Crippen LogP contribution in [-0.2, 0) is 5.41 Å². The summed E-state index contributed by atoms with van der Waals surface area (Å²) in [5.41, 5.74) is 22.3. The number of benzene rings is 10. The molecule has 0 aliphatic heterocycles. The lowest BCUT2D eigenvalue weighted by atomic mass is 9.70. The summed E-state index contributed by atoms with van der Waals surface area (Å²) in [6.07, 6.45) is 0. The number of fused-ring (bicyclic) bond motifs is 16. The lowest BCUT2D eigenvalue weighted by Crippen LogP contribution is -2.25. The number of nitrogens with zero attached hydrogens (tertiary/aromatic N) is 2. The molecule has 292 valence electrons. The number of aromatic nitrogens is 2. The van der Waals surface area contributed by atoms with Crippen LogP contribution in [-0.4, -0.2) is 9.13 Å². The molecular formula is C61H38N2. The van der Waals surface area contributed by atoms with Crippen LogP contribution in [0.25, 0.3) is 99.5 Å². The van der Waals surface area contributed by atoms with Crippen LogP contribution in [0, 0.1) is 0 Å². The third-order valence-corrected chi connectivity index (χ3v) is 14.1. The second-order valence-corrected chi connectivity index (χ2v) is 17.2. The fourth-order valence-corrected chi connectivity index (χ4v) is 11.5. The molecule has 10 aromatic carbocycles. The van der Waals surface area contributed by atoms with Gasteiger partial charge in [-0.1, -0.05) is 170 Å². The monoisotopic (exact) mass is 798 g/mol. The van der Waals surface area contributed by atoms with Crippen LogP contribution < -0.4 is 0 Å². The van der Waals surface area contributed by atoms with E-state index in [0.717, 1.165) is 11.4 Å². The van der Waals surface area contributed by atoms with Crippen LogP contribution in [0.1, 0.15) is 22.3 Å². The second kappa shape index (κ2) is 12.9. The molecule has 0 saturated heterocycles. The summed E-state index contributed by atoms with van der Waals surface area (Å²) in [5, 5.41) is 5.00. The molecule has 0 radical (unpaired) electrons. The number of hydrogen-bond acceptors (Lipinski definition) is 0. The van der Waals surface area contributed by atoms with Gasteiger partial charge in [-0.15, -0.1) is 0 Å². The highest BCUT2D eigenvalue weighted by Crippen LogP contribution is 2.63. The van der Waals surface area contributed by atoms with Gasteiger partial charge >= 0.3 is 0 Å². The second-order valence-electron chi connectivity index (χ2n) is 17.2. The Morgan fingerprint density at radius 3 is 1.22 bits per heavy atom. The Hall–Kier alpha value is -8.20. The highest BCUT2D eigenvalue weighted by atomic mass is 15.0. The van der Waals surface area contributed by atoms with Gasteiger partial charge in [0, 0.05) is 32.9 Å². The largest absolute Gasteiger partial charge is 0.309 e. The summed E-state index contributed by atoms with van der Waals surface area (Å²) >= 11 is 0. The molecule has 2 aliphatic carbocycles. The van der Waals surface area contributed by atoms with Gasteiger partial charge in [0.1, 0.15) is 0 Å². The maximum atomic E-state index is 2.49. The fourth-order valence-electron chi connectivity index (χ4n) is 11.5. The van der Waals surface area contributed by atoms with Gasteiger partial charge in [0.2, 0.25) is 0 Å². The maximum Gasteiger partial charge on any atom is 0.0725 e. The third kappa shape index (κ3) is 4.67. The zero-order valence-corrected chi connectivity index (χ0v) is 34.3. The smallest absolute Gasteiger partial charge is 0.0725 e. The van der Waals surface area contributed by atoms with Crippen molar-refractivity contribution < 1.29 is 0 Å². The molecular weight excluding hydrogens is 761 g/mol. The first-order valence-corrected chi connectivity index (χ1v) is 21.9. The van der Waals surface area contributed by atoms with Gasteiger partial charge in [0.25, 0.3) is 0 Å². The molecule has 63 heavy (non-hydrogen) atoms. The van der Waals surface area contributed by atoms with Gasteiger partial charge in [-0.3, -0.25) is 0 Å². The normalized spacial score (nSPS) is 13.2. The van der Waals surface area contributed by atoms with E-state index in [-0.39, 0.29) is 5.41 Å². The third-order valence-electron chi connectivity index (χ3n) is 14.1. The van der Waals surface area contributed by atoms with Crippen molar-refractivity contribution in [2.45, 2.75) is 5.41 Å². The van der Waals surface area contributed by atoms with Crippen molar-refractivity contribution in [2.75, 3.05) is 0 Å². The van der Waals surface area contributed by atoms with Gasteiger partial charge < -0.3 is 9.13 Å². The topological polar surface area (TPSA) is 9.86 Å². The number of rotatable bonds is 4. The van der Waals surface area contributed by atoms with E-state index in [1.165, 1.54) is 110 Å². The first kappa shape index (κ1) is 34.5. The highest BCUT2D eigenvalue weighted by molar-refractivity contribution is 6.13. The fraction of sp³-hybridized carbons (Fsp3) is 0.0164. The van der Waals surface area contributed by atoms with Crippen LogP contribution in [0.5, 0.6) is 0 Å². The Bertz CT molecular complexity index is 3780. The Morgan fingerprint density at radius 1 is 0.238 bits per heavy atom. The quantitative estimate of drug-likeness (QED) is 0.168. The predicted molar refractivity (Wildman–Crippen MR) is 262 cm³/mol. The molecule has 2 aromatic heterocycles. The molecule has 2 heterocycles. The molecule has 14 rings (SSSR count). The highest BCUT2D eigenvalue weighted by Gasteiger charge is 2.51. The van der Waals surface area contributed by atoms with E-state index in [4.69, 9.17) is 0 Å². The van der Waals surface area contributed by atoms with Gasteiger partial charge in [-0.05, 0) is 127 Å². The van der Waals surface area contributed by atoms with Crippen molar-refractivity contribution in [3.63, 3.8) is 0 Å². The van der Waals surface area contributed by atoms with Crippen molar-refractivity contribution >= 4 is 43.6 Å². The summed E-state index contributed by atoms with van der Waals surface area (Å²) in [5.74, 6) is 0. The van der Waals surface area contributed by atoms with Crippen LogP contribution in [0.15, 0.2) is 231 Å². The molecule has 0 atom stereocenters. The molecule has 0 fully saturated rings. The van der Waals surface area contributed by atoms with Crippen LogP contribution in [0.2, 0.25) is 0 Å². The van der Waals surface area contributed by atoms with Crippen molar-refractivity contribution in [3.8, 4) is 55.9 Å². The summed E-state index contributed by atoms with van der Waals surface area (Å²) in [7, 11) is 0. The van der Waals surface area contributed by atoms with Crippen molar-refractivity contribution in [2.24, 2.45) is 0 Å². The van der Waals surface area contributed by atoms with Gasteiger partial charge in [0.05, 0.1) is 27.5 Å². The van der Waals surface area contributed by atoms with E-state index in [1.54, 1.807) is 0 Å².